The van der Waals surface area contributed by atoms with Crippen LogP contribution in [0.15, 0.2) is 36.5 Å². The van der Waals surface area contributed by atoms with Gasteiger partial charge in [-0.2, -0.15) is 0 Å². The largest absolute Gasteiger partial charge is 0.505 e. The van der Waals surface area contributed by atoms with Crippen LogP contribution in [0.25, 0.3) is 10.9 Å². The van der Waals surface area contributed by atoms with Gasteiger partial charge in [0.05, 0.1) is 17.5 Å². The summed E-state index contributed by atoms with van der Waals surface area (Å²) in [5.74, 6) is -0.910. The Balaban J connectivity index is 1.98. The molecule has 4 rings (SSSR count). The monoisotopic (exact) mass is 457 g/mol. The van der Waals surface area contributed by atoms with Crippen LogP contribution in [0.4, 0.5) is 10.1 Å². The molecule has 0 saturated heterocycles. The second kappa shape index (κ2) is 8.05. The summed E-state index contributed by atoms with van der Waals surface area (Å²) in [7, 11) is -3.66. The number of aromatic nitrogens is 1. The summed E-state index contributed by atoms with van der Waals surface area (Å²) >= 11 is 0. The third-order valence-electron chi connectivity index (χ3n) is 5.74. The molecule has 1 amide bonds. The normalized spacial score (nSPS) is 13.6. The highest BCUT2D eigenvalue weighted by molar-refractivity contribution is 7.92. The van der Waals surface area contributed by atoms with Crippen LogP contribution in [0.5, 0.6) is 5.75 Å². The topological polar surface area (TPSA) is 90.8 Å². The molecule has 0 radical (unpaired) electrons. The van der Waals surface area contributed by atoms with Crippen LogP contribution in [0, 0.1) is 5.82 Å². The molecule has 1 aliphatic rings. The highest BCUT2D eigenvalue weighted by Crippen LogP contribution is 2.44. The van der Waals surface area contributed by atoms with Crippen molar-refractivity contribution in [2.24, 2.45) is 0 Å². The Labute approximate surface area is 186 Å². The number of phenolic OH excluding ortho intramolecular Hbond substituents is 1. The number of aromatic hydroxyl groups is 1. The molecule has 9 heteroatoms. The minimum Gasteiger partial charge on any atom is -0.505 e. The minimum atomic E-state index is -3.66. The quantitative estimate of drug-likeness (QED) is 0.612. The molecule has 0 spiro atoms. The van der Waals surface area contributed by atoms with E-state index >= 15 is 0 Å². The Morgan fingerprint density at radius 2 is 1.88 bits per heavy atom. The van der Waals surface area contributed by atoms with Gasteiger partial charge in [-0.05, 0) is 49.6 Å². The number of fused-ring (bicyclic) bond motifs is 2. The fourth-order valence-electron chi connectivity index (χ4n) is 4.26. The van der Waals surface area contributed by atoms with Gasteiger partial charge in [0.25, 0.3) is 5.91 Å². The molecular formula is C23H24FN3O4S. The molecule has 0 aliphatic carbocycles. The minimum absolute atomic E-state index is 0.107. The molecule has 2 aromatic carbocycles. The number of phenols is 1. The van der Waals surface area contributed by atoms with E-state index in [-0.39, 0.29) is 41.6 Å². The van der Waals surface area contributed by atoms with Crippen LogP contribution in [0.1, 0.15) is 40.9 Å². The number of nitrogens with zero attached hydrogens (tertiary/aromatic N) is 3. The predicted octanol–water partition coefficient (Wildman–Crippen LogP) is 3.43. The van der Waals surface area contributed by atoms with Crippen LogP contribution in [-0.4, -0.2) is 48.7 Å². The number of anilines is 1. The number of carbonyl (C=O) groups excluding carboxylic acids is 1. The number of hydrogen-bond donors (Lipinski definition) is 1. The molecule has 168 valence electrons. The van der Waals surface area contributed by atoms with Gasteiger partial charge < -0.3 is 10.0 Å². The van der Waals surface area contributed by atoms with E-state index in [4.69, 9.17) is 0 Å². The van der Waals surface area contributed by atoms with Crippen LogP contribution < -0.4 is 4.31 Å². The SMILES string of the molecule is CCN1Cc2c(c(O)c3ncc(Cc4ccc(F)cc4)cc3c2N(CC)S(C)(=O)=O)C1=O. The number of amides is 1. The molecule has 0 bridgehead atoms. The smallest absolute Gasteiger partial charge is 0.258 e. The lowest BCUT2D eigenvalue weighted by atomic mass is 9.98. The Kier molecular flexibility index (Phi) is 5.54. The van der Waals surface area contributed by atoms with Crippen LogP contribution in [0.2, 0.25) is 0 Å². The maximum absolute atomic E-state index is 13.3. The van der Waals surface area contributed by atoms with Gasteiger partial charge >= 0.3 is 0 Å². The second-order valence-electron chi connectivity index (χ2n) is 7.84. The fourth-order valence-corrected chi connectivity index (χ4v) is 5.27. The first-order valence-electron chi connectivity index (χ1n) is 10.3. The number of hydrogen-bond acceptors (Lipinski definition) is 5. The average molecular weight is 458 g/mol. The Morgan fingerprint density at radius 3 is 2.47 bits per heavy atom. The number of sulfonamides is 1. The first kappa shape index (κ1) is 22.0. The molecule has 3 aromatic rings. The summed E-state index contributed by atoms with van der Waals surface area (Å²) in [6.07, 6.45) is 3.15. The summed E-state index contributed by atoms with van der Waals surface area (Å²) in [6.45, 7) is 4.34. The van der Waals surface area contributed by atoms with Crippen LogP contribution >= 0.6 is 0 Å². The number of carbonyl (C=O) groups is 1. The van der Waals surface area contributed by atoms with Crippen molar-refractivity contribution in [1.29, 1.82) is 0 Å². The third kappa shape index (κ3) is 3.66. The van der Waals surface area contributed by atoms with Crippen molar-refractivity contribution in [1.82, 2.24) is 9.88 Å². The number of pyridine rings is 1. The zero-order valence-corrected chi connectivity index (χ0v) is 18.9. The molecule has 0 unspecified atom stereocenters. The first-order valence-corrected chi connectivity index (χ1v) is 12.2. The Morgan fingerprint density at radius 1 is 1.19 bits per heavy atom. The number of benzene rings is 2. The van der Waals surface area contributed by atoms with Crippen molar-refractivity contribution >= 4 is 32.5 Å². The van der Waals surface area contributed by atoms with Gasteiger partial charge in [0.2, 0.25) is 10.0 Å². The zero-order chi connectivity index (χ0) is 23.2. The summed E-state index contributed by atoms with van der Waals surface area (Å²) < 4.78 is 39.8. The highest BCUT2D eigenvalue weighted by atomic mass is 32.2. The van der Waals surface area contributed by atoms with Gasteiger partial charge in [-0.25, -0.2) is 12.8 Å². The molecule has 7 nitrogen and oxygen atoms in total. The van der Waals surface area contributed by atoms with E-state index in [0.29, 0.717) is 29.6 Å². The van der Waals surface area contributed by atoms with Gasteiger partial charge in [-0.15, -0.1) is 0 Å². The zero-order valence-electron chi connectivity index (χ0n) is 18.1. The molecule has 0 fully saturated rings. The van der Waals surface area contributed by atoms with E-state index in [9.17, 15) is 22.7 Å². The highest BCUT2D eigenvalue weighted by Gasteiger charge is 2.37. The first-order chi connectivity index (χ1) is 15.2. The lowest BCUT2D eigenvalue weighted by Gasteiger charge is -2.25. The molecule has 0 saturated carbocycles. The van der Waals surface area contributed by atoms with E-state index in [1.54, 1.807) is 36.2 Å². The summed E-state index contributed by atoms with van der Waals surface area (Å²) in [6, 6.07) is 7.89. The molecule has 0 atom stereocenters. The lowest BCUT2D eigenvalue weighted by Crippen LogP contribution is -2.31. The van der Waals surface area contributed by atoms with E-state index in [1.807, 2.05) is 6.92 Å². The fraction of sp³-hybridized carbons (Fsp3) is 0.304. The maximum Gasteiger partial charge on any atom is 0.258 e. The van der Waals surface area contributed by atoms with E-state index in [1.165, 1.54) is 16.4 Å². The molecular weight excluding hydrogens is 433 g/mol. The molecule has 2 heterocycles. The van der Waals surface area contributed by atoms with Gasteiger partial charge in [-0.1, -0.05) is 12.1 Å². The number of halogens is 1. The maximum atomic E-state index is 13.3. The molecule has 1 aromatic heterocycles. The van der Waals surface area contributed by atoms with E-state index in [0.717, 1.165) is 17.4 Å². The van der Waals surface area contributed by atoms with Crippen molar-refractivity contribution in [2.45, 2.75) is 26.8 Å². The van der Waals surface area contributed by atoms with Crippen LogP contribution in [0.3, 0.4) is 0 Å². The van der Waals surface area contributed by atoms with Gasteiger partial charge in [-0.3, -0.25) is 14.1 Å². The third-order valence-corrected chi connectivity index (χ3v) is 6.98. The van der Waals surface area contributed by atoms with Crippen molar-refractivity contribution in [2.75, 3.05) is 23.7 Å². The van der Waals surface area contributed by atoms with Gasteiger partial charge in [0.15, 0.2) is 5.75 Å². The molecule has 32 heavy (non-hydrogen) atoms. The average Bonchev–Trinajstić information content (AvgIpc) is 3.08. The van der Waals surface area contributed by atoms with Gasteiger partial charge in [0.1, 0.15) is 11.3 Å². The number of rotatable bonds is 6. The van der Waals surface area contributed by atoms with Crippen molar-refractivity contribution in [3.8, 4) is 5.75 Å². The summed E-state index contributed by atoms with van der Waals surface area (Å²) in [5, 5.41) is 11.4. The molecule has 1 aliphatic heterocycles. The van der Waals surface area contributed by atoms with E-state index in [2.05, 4.69) is 4.98 Å². The van der Waals surface area contributed by atoms with Crippen molar-refractivity contribution in [3.63, 3.8) is 0 Å². The van der Waals surface area contributed by atoms with Crippen LogP contribution in [-0.2, 0) is 23.0 Å². The lowest BCUT2D eigenvalue weighted by molar-refractivity contribution is 0.0785. The predicted molar refractivity (Wildman–Crippen MR) is 121 cm³/mol. The van der Waals surface area contributed by atoms with E-state index < -0.39 is 10.0 Å². The Hall–Kier alpha value is -3.20. The van der Waals surface area contributed by atoms with Crippen molar-refractivity contribution in [3.05, 3.63) is 64.6 Å². The molecule has 1 N–H and O–H groups in total. The Bertz CT molecular complexity index is 1320. The summed E-state index contributed by atoms with van der Waals surface area (Å²) in [4.78, 5) is 18.8. The standard InChI is InChI=1S/C23H24FN3O4S/c1-4-26-13-18-19(23(26)29)22(28)20-17(21(18)27(5-2)32(3,30)31)11-15(12-25-20)10-14-6-8-16(24)9-7-14/h6-9,11-12,28H,4-5,10,13H2,1-3H3. The van der Waals surface area contributed by atoms with Crippen molar-refractivity contribution < 1.29 is 22.7 Å². The second-order valence-corrected chi connectivity index (χ2v) is 9.75. The van der Waals surface area contributed by atoms with Gasteiger partial charge in [0, 0.05) is 36.8 Å². The summed E-state index contributed by atoms with van der Waals surface area (Å²) in [5.41, 5.74) is 2.77.